The molecule has 1 aromatic rings. The second-order valence-electron chi connectivity index (χ2n) is 7.19. The van der Waals surface area contributed by atoms with Crippen molar-refractivity contribution in [1.29, 1.82) is 0 Å². The molecule has 2 fully saturated rings. The Morgan fingerprint density at radius 2 is 1.88 bits per heavy atom. The molecule has 2 aliphatic heterocycles. The summed E-state index contributed by atoms with van der Waals surface area (Å²) in [6.07, 6.45) is 2.43. The standard InChI is InChI=1S/C18H25ClN2O2.ClH/c1-17(12-20)6-9-21(13-17)16(22)18(7-10-23-11-8-18)14-2-4-15(19)5-3-14;/h2-5H,6-13,20H2,1H3;1H. The number of benzene rings is 1. The molecule has 24 heavy (non-hydrogen) atoms. The van der Waals surface area contributed by atoms with Gasteiger partial charge < -0.3 is 15.4 Å². The van der Waals surface area contributed by atoms with E-state index in [0.717, 1.165) is 37.9 Å². The molecule has 3 rings (SSSR count). The van der Waals surface area contributed by atoms with Crippen LogP contribution in [-0.4, -0.2) is 43.7 Å². The monoisotopic (exact) mass is 372 g/mol. The van der Waals surface area contributed by atoms with Crippen LogP contribution in [0, 0.1) is 5.41 Å². The van der Waals surface area contributed by atoms with Crippen molar-refractivity contribution in [3.63, 3.8) is 0 Å². The highest BCUT2D eigenvalue weighted by atomic mass is 35.5. The number of amides is 1. The second-order valence-corrected chi connectivity index (χ2v) is 7.63. The predicted octanol–water partition coefficient (Wildman–Crippen LogP) is 3.01. The van der Waals surface area contributed by atoms with Gasteiger partial charge in [-0.2, -0.15) is 0 Å². The van der Waals surface area contributed by atoms with E-state index >= 15 is 0 Å². The van der Waals surface area contributed by atoms with E-state index in [0.29, 0.717) is 24.8 Å². The van der Waals surface area contributed by atoms with E-state index in [1.54, 1.807) is 0 Å². The van der Waals surface area contributed by atoms with E-state index in [-0.39, 0.29) is 23.7 Å². The first-order chi connectivity index (χ1) is 11.0. The van der Waals surface area contributed by atoms with Crippen LogP contribution in [0.5, 0.6) is 0 Å². The molecule has 134 valence electrons. The summed E-state index contributed by atoms with van der Waals surface area (Å²) in [4.78, 5) is 15.4. The maximum absolute atomic E-state index is 13.4. The summed E-state index contributed by atoms with van der Waals surface area (Å²) in [6.45, 7) is 5.57. The first-order valence-electron chi connectivity index (χ1n) is 8.32. The van der Waals surface area contributed by atoms with Crippen molar-refractivity contribution in [2.75, 3.05) is 32.8 Å². The molecule has 0 aromatic heterocycles. The van der Waals surface area contributed by atoms with Crippen LogP contribution >= 0.6 is 24.0 Å². The number of nitrogens with zero attached hydrogens (tertiary/aromatic N) is 1. The predicted molar refractivity (Wildman–Crippen MR) is 98.8 cm³/mol. The number of carbonyl (C=O) groups is 1. The number of likely N-dealkylation sites (tertiary alicyclic amines) is 1. The molecule has 1 aromatic carbocycles. The van der Waals surface area contributed by atoms with Crippen molar-refractivity contribution < 1.29 is 9.53 Å². The van der Waals surface area contributed by atoms with E-state index in [4.69, 9.17) is 22.1 Å². The molecule has 2 aliphatic rings. The van der Waals surface area contributed by atoms with Gasteiger partial charge in [-0.05, 0) is 48.9 Å². The summed E-state index contributed by atoms with van der Waals surface area (Å²) in [5, 5.41) is 0.695. The van der Waals surface area contributed by atoms with Gasteiger partial charge in [-0.15, -0.1) is 12.4 Å². The van der Waals surface area contributed by atoms with Crippen LogP contribution in [0.4, 0.5) is 0 Å². The Hall–Kier alpha value is -0.810. The molecular formula is C18H26Cl2N2O2. The van der Waals surface area contributed by atoms with Crippen LogP contribution < -0.4 is 5.73 Å². The zero-order valence-corrected chi connectivity index (χ0v) is 15.7. The molecule has 1 amide bonds. The Kier molecular flexibility index (Phi) is 6.19. The highest BCUT2D eigenvalue weighted by Crippen LogP contribution is 2.40. The normalized spacial score (nSPS) is 26.0. The molecule has 1 atom stereocenters. The summed E-state index contributed by atoms with van der Waals surface area (Å²) in [7, 11) is 0. The summed E-state index contributed by atoms with van der Waals surface area (Å²) in [5.74, 6) is 0.222. The smallest absolute Gasteiger partial charge is 0.233 e. The number of hydrogen-bond acceptors (Lipinski definition) is 3. The number of hydrogen-bond donors (Lipinski definition) is 1. The first-order valence-corrected chi connectivity index (χ1v) is 8.70. The van der Waals surface area contributed by atoms with Crippen molar-refractivity contribution in [3.8, 4) is 0 Å². The van der Waals surface area contributed by atoms with Gasteiger partial charge in [-0.25, -0.2) is 0 Å². The maximum Gasteiger partial charge on any atom is 0.233 e. The van der Waals surface area contributed by atoms with Crippen molar-refractivity contribution in [3.05, 3.63) is 34.9 Å². The van der Waals surface area contributed by atoms with Crippen molar-refractivity contribution in [2.24, 2.45) is 11.1 Å². The summed E-state index contributed by atoms with van der Waals surface area (Å²) < 4.78 is 5.53. The van der Waals surface area contributed by atoms with Crippen LogP contribution in [-0.2, 0) is 14.9 Å². The topological polar surface area (TPSA) is 55.6 Å². The third kappa shape index (κ3) is 3.57. The molecular weight excluding hydrogens is 347 g/mol. The summed E-state index contributed by atoms with van der Waals surface area (Å²) >= 11 is 6.02. The maximum atomic E-state index is 13.4. The fourth-order valence-corrected chi connectivity index (χ4v) is 3.91. The first kappa shape index (κ1) is 19.5. The lowest BCUT2D eigenvalue weighted by atomic mass is 9.73. The molecule has 4 nitrogen and oxygen atoms in total. The Balaban J connectivity index is 0.00000208. The minimum Gasteiger partial charge on any atom is -0.381 e. The van der Waals surface area contributed by atoms with Crippen molar-refractivity contribution in [2.45, 2.75) is 31.6 Å². The van der Waals surface area contributed by atoms with Crippen LogP contribution in [0.25, 0.3) is 0 Å². The molecule has 2 N–H and O–H groups in total. The Morgan fingerprint density at radius 1 is 1.25 bits per heavy atom. The minimum atomic E-state index is -0.483. The molecule has 0 bridgehead atoms. The molecule has 0 saturated carbocycles. The van der Waals surface area contributed by atoms with Gasteiger partial charge in [0.15, 0.2) is 0 Å². The fourth-order valence-electron chi connectivity index (χ4n) is 3.78. The zero-order valence-electron chi connectivity index (χ0n) is 14.1. The molecule has 2 saturated heterocycles. The van der Waals surface area contributed by atoms with Crippen LogP contribution in [0.15, 0.2) is 24.3 Å². The number of halogens is 2. The average Bonchev–Trinajstić information content (AvgIpc) is 2.98. The number of nitrogens with two attached hydrogens (primary N) is 1. The molecule has 0 spiro atoms. The van der Waals surface area contributed by atoms with Crippen molar-refractivity contribution in [1.82, 2.24) is 4.90 Å². The third-order valence-corrected chi connectivity index (χ3v) is 5.74. The van der Waals surface area contributed by atoms with Gasteiger partial charge in [0.1, 0.15) is 0 Å². The average molecular weight is 373 g/mol. The van der Waals surface area contributed by atoms with Crippen LogP contribution in [0.3, 0.4) is 0 Å². The highest BCUT2D eigenvalue weighted by Gasteiger charge is 2.47. The molecule has 2 heterocycles. The second kappa shape index (κ2) is 7.61. The van der Waals surface area contributed by atoms with E-state index in [2.05, 4.69) is 6.92 Å². The molecule has 0 radical (unpaired) electrons. The van der Waals surface area contributed by atoms with Gasteiger partial charge in [0.2, 0.25) is 5.91 Å². The number of ether oxygens (including phenoxy) is 1. The van der Waals surface area contributed by atoms with Crippen molar-refractivity contribution >= 4 is 29.9 Å². The summed E-state index contributed by atoms with van der Waals surface area (Å²) in [5.41, 5.74) is 6.51. The lowest BCUT2D eigenvalue weighted by molar-refractivity contribution is -0.140. The molecule has 6 heteroatoms. The lowest BCUT2D eigenvalue weighted by Gasteiger charge is -2.39. The van der Waals surface area contributed by atoms with Gasteiger partial charge in [0.05, 0.1) is 5.41 Å². The van der Waals surface area contributed by atoms with E-state index in [1.165, 1.54) is 0 Å². The largest absolute Gasteiger partial charge is 0.381 e. The van der Waals surface area contributed by atoms with Crippen LogP contribution in [0.2, 0.25) is 5.02 Å². The van der Waals surface area contributed by atoms with Gasteiger partial charge >= 0.3 is 0 Å². The van der Waals surface area contributed by atoms with E-state index < -0.39 is 5.41 Å². The fraction of sp³-hybridized carbons (Fsp3) is 0.611. The highest BCUT2D eigenvalue weighted by molar-refractivity contribution is 6.30. The molecule has 0 aliphatic carbocycles. The Labute approximate surface area is 155 Å². The quantitative estimate of drug-likeness (QED) is 0.886. The Morgan fingerprint density at radius 3 is 2.42 bits per heavy atom. The number of carbonyl (C=O) groups excluding carboxylic acids is 1. The molecule has 1 unspecified atom stereocenters. The van der Waals surface area contributed by atoms with Gasteiger partial charge in [-0.1, -0.05) is 30.7 Å². The third-order valence-electron chi connectivity index (χ3n) is 5.49. The van der Waals surface area contributed by atoms with Crippen LogP contribution in [0.1, 0.15) is 31.7 Å². The summed E-state index contributed by atoms with van der Waals surface area (Å²) in [6, 6.07) is 7.72. The van der Waals surface area contributed by atoms with E-state index in [9.17, 15) is 4.79 Å². The van der Waals surface area contributed by atoms with Gasteiger partial charge in [0, 0.05) is 31.3 Å². The Bertz CT molecular complexity index is 573. The van der Waals surface area contributed by atoms with Gasteiger partial charge in [0.25, 0.3) is 0 Å². The number of rotatable bonds is 3. The minimum absolute atomic E-state index is 0. The lowest BCUT2D eigenvalue weighted by Crippen LogP contribution is -2.50. The van der Waals surface area contributed by atoms with Gasteiger partial charge in [-0.3, -0.25) is 4.79 Å². The zero-order chi connectivity index (χ0) is 16.5. The van der Waals surface area contributed by atoms with E-state index in [1.807, 2.05) is 29.2 Å². The SMILES string of the molecule is CC1(CN)CCN(C(=O)C2(c3ccc(Cl)cc3)CCOCC2)C1.Cl.